The normalized spacial score (nSPS) is 21.0. The van der Waals surface area contributed by atoms with Crippen LogP contribution in [0.2, 0.25) is 0 Å². The number of hydrogen-bond donors (Lipinski definition) is 2. The van der Waals surface area contributed by atoms with E-state index in [0.717, 1.165) is 0 Å². The summed E-state index contributed by atoms with van der Waals surface area (Å²) >= 11 is 0. The lowest BCUT2D eigenvalue weighted by Gasteiger charge is -2.39. The van der Waals surface area contributed by atoms with Crippen LogP contribution in [0.4, 0.5) is 11.4 Å². The Morgan fingerprint density at radius 3 is 2.50 bits per heavy atom. The Bertz CT molecular complexity index is 1010. The van der Waals surface area contributed by atoms with Gasteiger partial charge in [-0.2, -0.15) is 4.72 Å². The molecule has 0 saturated carbocycles. The first-order valence-electron chi connectivity index (χ1n) is 9.34. The highest BCUT2D eigenvalue weighted by atomic mass is 32.2. The second-order valence-electron chi connectivity index (χ2n) is 7.30. The van der Waals surface area contributed by atoms with Crippen LogP contribution in [-0.2, 0) is 14.8 Å². The predicted octanol–water partition coefficient (Wildman–Crippen LogP) is 1.68. The van der Waals surface area contributed by atoms with Crippen molar-refractivity contribution >= 4 is 27.3 Å². The standard InChI is InChI=1S/C20H24N4O3S/c1-14-7-8-15(2)17(13-14)23-9-11-24(12-10-23)20(25)19-21-16-5-3-4-6-18(16)28(26,27)22-19/h3-8,13,19,21-22H,9-12H2,1-2H3/t19-/m1/s1. The van der Waals surface area contributed by atoms with E-state index in [1.807, 2.05) is 0 Å². The molecule has 0 aliphatic carbocycles. The number of nitrogens with zero attached hydrogens (tertiary/aromatic N) is 2. The number of fused-ring (bicyclic) bond motifs is 1. The van der Waals surface area contributed by atoms with E-state index in [1.54, 1.807) is 23.1 Å². The summed E-state index contributed by atoms with van der Waals surface area (Å²) in [6.07, 6.45) is -0.979. The van der Waals surface area contributed by atoms with E-state index >= 15 is 0 Å². The molecule has 1 amide bonds. The number of hydrogen-bond acceptors (Lipinski definition) is 5. The van der Waals surface area contributed by atoms with E-state index in [2.05, 4.69) is 47.0 Å². The first kappa shape index (κ1) is 18.8. The lowest BCUT2D eigenvalue weighted by Crippen LogP contribution is -2.58. The van der Waals surface area contributed by atoms with Crippen LogP contribution in [0.15, 0.2) is 47.4 Å². The molecule has 148 valence electrons. The molecule has 8 heteroatoms. The van der Waals surface area contributed by atoms with Crippen molar-refractivity contribution < 1.29 is 13.2 Å². The average Bonchev–Trinajstić information content (AvgIpc) is 2.69. The van der Waals surface area contributed by atoms with E-state index in [0.29, 0.717) is 31.9 Å². The SMILES string of the molecule is Cc1ccc(C)c(N2CCN(C(=O)[C@@H]3Nc4ccccc4S(=O)(=O)N3)CC2)c1. The van der Waals surface area contributed by atoms with E-state index in [9.17, 15) is 13.2 Å². The summed E-state index contributed by atoms with van der Waals surface area (Å²) in [5.74, 6) is -0.251. The molecule has 2 aromatic carbocycles. The molecule has 2 aliphatic heterocycles. The third-order valence-corrected chi connectivity index (χ3v) is 6.77. The number of carbonyl (C=O) groups excluding carboxylic acids is 1. The molecule has 1 fully saturated rings. The highest BCUT2D eigenvalue weighted by Gasteiger charge is 2.36. The molecule has 0 aromatic heterocycles. The first-order chi connectivity index (χ1) is 13.3. The maximum atomic E-state index is 12.9. The summed E-state index contributed by atoms with van der Waals surface area (Å²) in [5.41, 5.74) is 4.06. The van der Waals surface area contributed by atoms with Crippen molar-refractivity contribution in [2.75, 3.05) is 36.4 Å². The van der Waals surface area contributed by atoms with Gasteiger partial charge >= 0.3 is 0 Å². The maximum absolute atomic E-state index is 12.9. The fourth-order valence-electron chi connectivity index (χ4n) is 3.75. The molecule has 0 spiro atoms. The van der Waals surface area contributed by atoms with E-state index in [1.165, 1.54) is 22.9 Å². The molecule has 2 aliphatic rings. The second kappa shape index (κ2) is 7.10. The molecule has 4 rings (SSSR count). The van der Waals surface area contributed by atoms with Crippen molar-refractivity contribution in [3.8, 4) is 0 Å². The van der Waals surface area contributed by atoms with Crippen LogP contribution < -0.4 is 14.9 Å². The van der Waals surface area contributed by atoms with Crippen LogP contribution in [0.3, 0.4) is 0 Å². The van der Waals surface area contributed by atoms with Gasteiger partial charge in [0, 0.05) is 31.9 Å². The van der Waals surface area contributed by atoms with Gasteiger partial charge in [0.25, 0.3) is 5.91 Å². The van der Waals surface area contributed by atoms with Crippen LogP contribution in [0.1, 0.15) is 11.1 Å². The highest BCUT2D eigenvalue weighted by Crippen LogP contribution is 2.27. The van der Waals surface area contributed by atoms with E-state index < -0.39 is 16.2 Å². The predicted molar refractivity (Wildman–Crippen MR) is 109 cm³/mol. The summed E-state index contributed by atoms with van der Waals surface area (Å²) in [7, 11) is -3.71. The zero-order valence-corrected chi connectivity index (χ0v) is 16.8. The number of para-hydroxylation sites is 1. The second-order valence-corrected chi connectivity index (χ2v) is 8.98. The third kappa shape index (κ3) is 3.45. The molecule has 2 aromatic rings. The zero-order valence-electron chi connectivity index (χ0n) is 16.0. The fourth-order valence-corrected chi connectivity index (χ4v) is 5.02. The lowest BCUT2D eigenvalue weighted by atomic mass is 10.1. The van der Waals surface area contributed by atoms with Gasteiger partial charge in [-0.05, 0) is 43.2 Å². The molecule has 7 nitrogen and oxygen atoms in total. The molecule has 1 saturated heterocycles. The van der Waals surface area contributed by atoms with Gasteiger partial charge in [-0.15, -0.1) is 0 Å². The summed E-state index contributed by atoms with van der Waals surface area (Å²) in [5, 5.41) is 3.01. The van der Waals surface area contributed by atoms with Gasteiger partial charge < -0.3 is 15.1 Å². The van der Waals surface area contributed by atoms with Gasteiger partial charge in [-0.3, -0.25) is 4.79 Å². The minimum absolute atomic E-state index is 0.166. The number of anilines is 2. The van der Waals surface area contributed by atoms with Gasteiger partial charge in [0.2, 0.25) is 10.0 Å². The number of nitrogens with one attached hydrogen (secondary N) is 2. The van der Waals surface area contributed by atoms with Crippen molar-refractivity contribution in [2.24, 2.45) is 0 Å². The van der Waals surface area contributed by atoms with Gasteiger partial charge in [0.05, 0.1) is 5.69 Å². The summed E-state index contributed by atoms with van der Waals surface area (Å²) in [4.78, 5) is 17.1. The van der Waals surface area contributed by atoms with Gasteiger partial charge in [0.15, 0.2) is 6.17 Å². The van der Waals surface area contributed by atoms with Crippen LogP contribution in [0.5, 0.6) is 0 Å². The molecule has 2 heterocycles. The van der Waals surface area contributed by atoms with Crippen molar-refractivity contribution in [3.05, 3.63) is 53.6 Å². The van der Waals surface area contributed by atoms with Gasteiger partial charge in [-0.1, -0.05) is 24.3 Å². The van der Waals surface area contributed by atoms with Crippen LogP contribution in [-0.4, -0.2) is 51.6 Å². The summed E-state index contributed by atoms with van der Waals surface area (Å²) in [6, 6.07) is 13.0. The Hall–Kier alpha value is -2.58. The quantitative estimate of drug-likeness (QED) is 0.802. The van der Waals surface area contributed by atoms with E-state index in [4.69, 9.17) is 0 Å². The number of sulfonamides is 1. The Morgan fingerprint density at radius 2 is 1.75 bits per heavy atom. The van der Waals surface area contributed by atoms with Crippen molar-refractivity contribution in [1.82, 2.24) is 9.62 Å². The number of piperazine rings is 1. The Morgan fingerprint density at radius 1 is 1.04 bits per heavy atom. The largest absolute Gasteiger partial charge is 0.368 e. The Balaban J connectivity index is 1.46. The Kier molecular flexibility index (Phi) is 4.76. The highest BCUT2D eigenvalue weighted by molar-refractivity contribution is 7.89. The molecule has 28 heavy (non-hydrogen) atoms. The van der Waals surface area contributed by atoms with E-state index in [-0.39, 0.29) is 10.8 Å². The topological polar surface area (TPSA) is 81.8 Å². The fraction of sp³-hybridized carbons (Fsp3) is 0.350. The van der Waals surface area contributed by atoms with Crippen LogP contribution in [0.25, 0.3) is 0 Å². The van der Waals surface area contributed by atoms with Crippen LogP contribution in [0, 0.1) is 13.8 Å². The summed E-state index contributed by atoms with van der Waals surface area (Å²) < 4.78 is 27.4. The monoisotopic (exact) mass is 400 g/mol. The third-order valence-electron chi connectivity index (χ3n) is 5.29. The van der Waals surface area contributed by atoms with Gasteiger partial charge in [0.1, 0.15) is 4.90 Å². The molecule has 1 atom stereocenters. The number of rotatable bonds is 2. The zero-order chi connectivity index (χ0) is 19.9. The van der Waals surface area contributed by atoms with Gasteiger partial charge in [-0.25, -0.2) is 8.42 Å². The molecule has 2 N–H and O–H groups in total. The smallest absolute Gasteiger partial charge is 0.261 e. The first-order valence-corrected chi connectivity index (χ1v) is 10.8. The molecule has 0 bridgehead atoms. The van der Waals surface area contributed by atoms with Crippen LogP contribution >= 0.6 is 0 Å². The molecule has 0 radical (unpaired) electrons. The number of amides is 1. The lowest BCUT2D eigenvalue weighted by molar-refractivity contribution is -0.132. The summed E-state index contributed by atoms with van der Waals surface area (Å²) in [6.45, 7) is 6.69. The minimum Gasteiger partial charge on any atom is -0.368 e. The molecular formula is C20H24N4O3S. The van der Waals surface area contributed by atoms with Crippen molar-refractivity contribution in [1.29, 1.82) is 0 Å². The minimum atomic E-state index is -3.71. The molecular weight excluding hydrogens is 376 g/mol. The number of carbonyl (C=O) groups is 1. The average molecular weight is 401 g/mol. The van der Waals surface area contributed by atoms with Crippen molar-refractivity contribution in [3.63, 3.8) is 0 Å². The van der Waals surface area contributed by atoms with Crippen molar-refractivity contribution in [2.45, 2.75) is 24.9 Å². The number of aryl methyl sites for hydroxylation is 2. The maximum Gasteiger partial charge on any atom is 0.261 e. The Labute approximate surface area is 165 Å². The molecule has 0 unspecified atom stereocenters. The number of benzene rings is 2.